The molecule has 114 valence electrons. The van der Waals surface area contributed by atoms with Gasteiger partial charge in [-0.05, 0) is 0 Å². The normalized spacial score (nSPS) is 9.90. The van der Waals surface area contributed by atoms with Crippen molar-refractivity contribution in [1.82, 2.24) is 0 Å². The maximum absolute atomic E-state index is 11.1. The molecule has 0 atom stereocenters. The highest BCUT2D eigenvalue weighted by Crippen LogP contribution is 2.37. The van der Waals surface area contributed by atoms with Crippen LogP contribution < -0.4 is 37.9 Å². The zero-order valence-corrected chi connectivity index (χ0v) is 11.6. The van der Waals surface area contributed by atoms with Crippen LogP contribution in [0.25, 0.3) is 0 Å². The fourth-order valence-electron chi connectivity index (χ4n) is 1.38. The zero-order valence-electron chi connectivity index (χ0n) is 10.9. The number of urea groups is 2. The van der Waals surface area contributed by atoms with E-state index in [9.17, 15) is 14.4 Å². The summed E-state index contributed by atoms with van der Waals surface area (Å²) in [5.41, 5.74) is 9.81. The molecule has 8 N–H and O–H groups in total. The average molecular weight is 317 g/mol. The summed E-state index contributed by atoms with van der Waals surface area (Å²) in [7, 11) is 0. The fraction of sp³-hybridized carbons (Fsp3) is 0.100. The Labute approximate surface area is 124 Å². The second kappa shape index (κ2) is 6.26. The van der Waals surface area contributed by atoms with Crippen LogP contribution >= 0.6 is 11.6 Å². The number of ether oxygens (including phenoxy) is 1. The van der Waals surface area contributed by atoms with E-state index in [0.29, 0.717) is 10.0 Å². The molecule has 0 saturated carbocycles. The van der Waals surface area contributed by atoms with Gasteiger partial charge in [-0.15, -0.1) is 0 Å². The molecule has 0 aromatic heterocycles. The molecule has 0 aliphatic carbocycles. The Morgan fingerprint density at radius 1 is 1.05 bits per heavy atom. The molecule has 0 spiro atoms. The summed E-state index contributed by atoms with van der Waals surface area (Å²) in [6, 6.07) is 0.274. The highest BCUT2D eigenvalue weighted by Gasteiger charge is 2.21. The van der Waals surface area contributed by atoms with Gasteiger partial charge < -0.3 is 16.2 Å². The van der Waals surface area contributed by atoms with Crippen LogP contribution in [0, 0.1) is 0 Å². The number of amides is 4. The van der Waals surface area contributed by atoms with E-state index in [-0.39, 0.29) is 22.1 Å². The van der Waals surface area contributed by atoms with Gasteiger partial charge in [0.15, 0.2) is 0 Å². The largest absolute Gasteiger partial charge is 0.427 e. The van der Waals surface area contributed by atoms with E-state index in [1.807, 2.05) is 0 Å². The van der Waals surface area contributed by atoms with Crippen LogP contribution in [0.5, 0.6) is 5.75 Å². The lowest BCUT2D eigenvalue weighted by Gasteiger charge is -2.22. The van der Waals surface area contributed by atoms with Crippen molar-refractivity contribution in [3.63, 3.8) is 0 Å². The third-order valence-electron chi connectivity index (χ3n) is 2.26. The van der Waals surface area contributed by atoms with Gasteiger partial charge in [0, 0.05) is 19.1 Å². The predicted octanol–water partition coefficient (Wildman–Crippen LogP) is -0.217. The monoisotopic (exact) mass is 316 g/mol. The van der Waals surface area contributed by atoms with Gasteiger partial charge in [0.25, 0.3) is 0 Å². The minimum atomic E-state index is -1.04. The first kappa shape index (κ1) is 16.5. The number of halogens is 1. The lowest BCUT2D eigenvalue weighted by Crippen LogP contribution is -2.43. The van der Waals surface area contributed by atoms with Crippen molar-refractivity contribution < 1.29 is 19.1 Å². The number of anilines is 2. The lowest BCUT2D eigenvalue weighted by atomic mass is 10.2. The lowest BCUT2D eigenvalue weighted by molar-refractivity contribution is -0.131. The van der Waals surface area contributed by atoms with Crippen LogP contribution in [0.1, 0.15) is 6.92 Å². The van der Waals surface area contributed by atoms with Crippen LogP contribution in [0.15, 0.2) is 12.1 Å². The second-order valence-corrected chi connectivity index (χ2v) is 4.16. The molecule has 0 unspecified atom stereocenters. The van der Waals surface area contributed by atoms with Crippen molar-refractivity contribution in [3.8, 4) is 5.75 Å². The minimum absolute atomic E-state index is 0.0645. The number of carbonyl (C=O) groups excluding carboxylic acids is 3. The van der Waals surface area contributed by atoms with Gasteiger partial charge in [0.2, 0.25) is 0 Å². The molecule has 0 saturated heterocycles. The number of nitrogens with zero attached hydrogens (tertiary/aromatic N) is 2. The topological polar surface area (TPSA) is 171 Å². The average Bonchev–Trinajstić information content (AvgIpc) is 2.38. The quantitative estimate of drug-likeness (QED) is 0.197. The van der Waals surface area contributed by atoms with Gasteiger partial charge in [0.1, 0.15) is 5.75 Å². The van der Waals surface area contributed by atoms with E-state index >= 15 is 0 Å². The number of hydrazine groups is 2. The molecular weight excluding hydrogens is 304 g/mol. The number of esters is 1. The van der Waals surface area contributed by atoms with Gasteiger partial charge in [0.05, 0.1) is 16.4 Å². The van der Waals surface area contributed by atoms with Crippen molar-refractivity contribution in [2.45, 2.75) is 6.92 Å². The summed E-state index contributed by atoms with van der Waals surface area (Å²) >= 11 is 6.00. The van der Waals surface area contributed by atoms with Gasteiger partial charge >= 0.3 is 18.0 Å². The first-order valence-electron chi connectivity index (χ1n) is 5.35. The highest BCUT2D eigenvalue weighted by atomic mass is 35.5. The molecule has 0 aliphatic heterocycles. The van der Waals surface area contributed by atoms with Crippen molar-refractivity contribution in [1.29, 1.82) is 0 Å². The van der Waals surface area contributed by atoms with E-state index in [1.54, 1.807) is 0 Å². The van der Waals surface area contributed by atoms with E-state index in [1.165, 1.54) is 12.1 Å². The van der Waals surface area contributed by atoms with Crippen molar-refractivity contribution in [2.24, 2.45) is 23.2 Å². The Balaban J connectivity index is 3.48. The minimum Gasteiger partial charge on any atom is -0.427 e. The summed E-state index contributed by atoms with van der Waals surface area (Å²) in [6.45, 7) is 1.15. The Morgan fingerprint density at radius 3 is 1.71 bits per heavy atom. The highest BCUT2D eigenvalue weighted by molar-refractivity contribution is 6.37. The summed E-state index contributed by atoms with van der Waals surface area (Å²) < 4.78 is 4.84. The summed E-state index contributed by atoms with van der Waals surface area (Å²) in [4.78, 5) is 33.2. The molecule has 11 heteroatoms. The van der Waals surface area contributed by atoms with Gasteiger partial charge in [-0.25, -0.2) is 31.3 Å². The predicted molar refractivity (Wildman–Crippen MR) is 75.3 cm³/mol. The van der Waals surface area contributed by atoms with Crippen LogP contribution in [0.3, 0.4) is 0 Å². The van der Waals surface area contributed by atoms with E-state index in [0.717, 1.165) is 6.92 Å². The molecule has 0 aliphatic rings. The maximum Gasteiger partial charge on any atom is 0.333 e. The molecule has 0 radical (unpaired) electrons. The molecule has 1 aromatic carbocycles. The fourth-order valence-corrected chi connectivity index (χ4v) is 1.67. The molecule has 21 heavy (non-hydrogen) atoms. The van der Waals surface area contributed by atoms with Crippen LogP contribution in [0.4, 0.5) is 21.0 Å². The van der Waals surface area contributed by atoms with E-state index in [4.69, 9.17) is 39.5 Å². The summed E-state index contributed by atoms with van der Waals surface area (Å²) in [6.07, 6.45) is 0. The number of rotatable bonds is 3. The number of hydrogen-bond donors (Lipinski definition) is 4. The van der Waals surface area contributed by atoms with Crippen molar-refractivity contribution in [3.05, 3.63) is 17.2 Å². The first-order valence-corrected chi connectivity index (χ1v) is 5.73. The molecule has 10 nitrogen and oxygen atoms in total. The Hall–Kier alpha value is -2.56. The number of carbonyl (C=O) groups is 3. The van der Waals surface area contributed by atoms with Gasteiger partial charge in [-0.2, -0.15) is 0 Å². The maximum atomic E-state index is 11.1. The van der Waals surface area contributed by atoms with Crippen LogP contribution in [-0.4, -0.2) is 18.0 Å². The van der Waals surface area contributed by atoms with E-state index < -0.39 is 18.0 Å². The van der Waals surface area contributed by atoms with E-state index in [2.05, 4.69) is 0 Å². The molecule has 1 aromatic rings. The van der Waals surface area contributed by atoms with Crippen LogP contribution in [-0.2, 0) is 4.79 Å². The molecular formula is C10H13ClN6O4. The molecule has 0 fully saturated rings. The van der Waals surface area contributed by atoms with Crippen molar-refractivity contribution >= 4 is 41.0 Å². The van der Waals surface area contributed by atoms with Gasteiger partial charge in [-0.3, -0.25) is 4.79 Å². The third kappa shape index (κ3) is 3.72. The Bertz CT molecular complexity index is 566. The second-order valence-electron chi connectivity index (χ2n) is 3.79. The Kier molecular flexibility index (Phi) is 4.92. The van der Waals surface area contributed by atoms with Crippen LogP contribution in [0.2, 0.25) is 5.02 Å². The molecule has 0 heterocycles. The molecule has 1 rings (SSSR count). The SMILES string of the molecule is CC(=O)Oc1cc(N(N)C(N)=O)c(Cl)c(N(N)C(N)=O)c1. The first-order chi connectivity index (χ1) is 9.65. The number of primary amides is 2. The Morgan fingerprint density at radius 2 is 1.43 bits per heavy atom. The zero-order chi connectivity index (χ0) is 16.3. The standard InChI is InChI=1S/C10H13ClN6O4/c1-4(18)21-5-2-6(16(14)9(12)19)8(11)7(3-5)17(15)10(13)20/h2-3H,14-15H2,1H3,(H2,12,19)(H2,13,20). The number of hydrogen-bond acceptors (Lipinski definition) is 6. The molecule has 4 amide bonds. The van der Waals surface area contributed by atoms with Gasteiger partial charge in [-0.1, -0.05) is 11.6 Å². The summed E-state index contributed by atoms with van der Waals surface area (Å²) in [5, 5.41) is 0.801. The summed E-state index contributed by atoms with van der Waals surface area (Å²) in [5.74, 6) is 10.2. The third-order valence-corrected chi connectivity index (χ3v) is 2.65. The number of benzene rings is 1. The smallest absolute Gasteiger partial charge is 0.333 e. The molecule has 0 bridgehead atoms. The number of nitrogens with two attached hydrogens (primary N) is 4. The van der Waals surface area contributed by atoms with Crippen molar-refractivity contribution in [2.75, 3.05) is 10.0 Å².